The Morgan fingerprint density at radius 1 is 1.11 bits per heavy atom. The maximum atomic E-state index is 4.22. The van der Waals surface area contributed by atoms with E-state index in [0.29, 0.717) is 0 Å². The molecule has 0 unspecified atom stereocenters. The van der Waals surface area contributed by atoms with Gasteiger partial charge in [-0.2, -0.15) is 0 Å². The summed E-state index contributed by atoms with van der Waals surface area (Å²) in [6.07, 6.45) is 10.9. The molecular weight excluding hydrogens is 230 g/mol. The number of hydrogen-bond acceptors (Lipinski definition) is 1. The van der Waals surface area contributed by atoms with E-state index in [2.05, 4.69) is 53.5 Å². The normalized spacial score (nSPS) is 14.3. The lowest BCUT2D eigenvalue weighted by Crippen LogP contribution is -1.97. The van der Waals surface area contributed by atoms with Crippen molar-refractivity contribution in [2.45, 2.75) is 19.8 Å². The van der Waals surface area contributed by atoms with Gasteiger partial charge in [0.25, 0.3) is 0 Å². The van der Waals surface area contributed by atoms with Crippen LogP contribution in [0.1, 0.15) is 28.8 Å². The van der Waals surface area contributed by atoms with Gasteiger partial charge < -0.3 is 0 Å². The first-order valence-corrected chi connectivity index (χ1v) is 6.72. The van der Waals surface area contributed by atoms with Crippen LogP contribution in [0.4, 0.5) is 0 Å². The van der Waals surface area contributed by atoms with Crippen LogP contribution in [0.3, 0.4) is 0 Å². The molecule has 19 heavy (non-hydrogen) atoms. The number of fused-ring (bicyclic) bond motifs is 1. The van der Waals surface area contributed by atoms with Crippen LogP contribution in [0.25, 0.3) is 11.6 Å². The van der Waals surface area contributed by atoms with Gasteiger partial charge >= 0.3 is 0 Å². The molecule has 0 amide bonds. The molecule has 0 aliphatic heterocycles. The van der Waals surface area contributed by atoms with E-state index in [1.54, 1.807) is 0 Å². The third-order valence-electron chi connectivity index (χ3n) is 3.48. The molecule has 94 valence electrons. The average Bonchev–Trinajstić information content (AvgIpc) is 2.45. The molecule has 0 bridgehead atoms. The molecule has 1 aliphatic carbocycles. The molecule has 0 fully saturated rings. The van der Waals surface area contributed by atoms with Crippen LogP contribution in [0.5, 0.6) is 0 Å². The van der Waals surface area contributed by atoms with E-state index >= 15 is 0 Å². The second kappa shape index (κ2) is 5.23. The maximum Gasteiger partial charge on any atom is 0.0378 e. The molecule has 1 heterocycles. The zero-order chi connectivity index (χ0) is 13.1. The fourth-order valence-corrected chi connectivity index (χ4v) is 2.53. The smallest absolute Gasteiger partial charge is 0.0378 e. The Kier molecular flexibility index (Phi) is 3.28. The molecule has 0 spiro atoms. The third kappa shape index (κ3) is 2.65. The van der Waals surface area contributed by atoms with Gasteiger partial charge in [0.1, 0.15) is 0 Å². The molecule has 0 N–H and O–H groups in total. The van der Waals surface area contributed by atoms with Crippen molar-refractivity contribution >= 4 is 11.6 Å². The first kappa shape index (κ1) is 11.9. The van der Waals surface area contributed by atoms with E-state index in [0.717, 1.165) is 18.5 Å². The molecule has 1 aliphatic rings. The van der Waals surface area contributed by atoms with Crippen molar-refractivity contribution in [3.8, 4) is 0 Å². The fraction of sp³-hybridized carbons (Fsp3) is 0.167. The minimum Gasteiger partial charge on any atom is -0.262 e. The van der Waals surface area contributed by atoms with Crippen molar-refractivity contribution in [3.63, 3.8) is 0 Å². The summed E-state index contributed by atoms with van der Waals surface area (Å²) in [4.78, 5) is 4.22. The molecule has 0 radical (unpaired) electrons. The van der Waals surface area contributed by atoms with Crippen LogP contribution in [-0.2, 0) is 6.42 Å². The van der Waals surface area contributed by atoms with Gasteiger partial charge in [0.05, 0.1) is 0 Å². The predicted molar refractivity (Wildman–Crippen MR) is 80.7 cm³/mol. The second-order valence-electron chi connectivity index (χ2n) is 4.92. The number of hydrogen-bond donors (Lipinski definition) is 0. The van der Waals surface area contributed by atoms with Crippen LogP contribution in [-0.4, -0.2) is 4.98 Å². The highest BCUT2D eigenvalue weighted by molar-refractivity contribution is 5.81. The lowest BCUT2D eigenvalue weighted by Gasteiger charge is -2.14. The Morgan fingerprint density at radius 3 is 2.89 bits per heavy atom. The topological polar surface area (TPSA) is 12.9 Å². The van der Waals surface area contributed by atoms with Crippen molar-refractivity contribution in [3.05, 3.63) is 77.1 Å². The highest BCUT2D eigenvalue weighted by atomic mass is 14.6. The average molecular weight is 247 g/mol. The molecule has 2 aromatic rings. The fourth-order valence-electron chi connectivity index (χ4n) is 2.53. The number of pyridine rings is 1. The molecule has 1 aromatic carbocycles. The van der Waals surface area contributed by atoms with Gasteiger partial charge in [0.15, 0.2) is 0 Å². The largest absolute Gasteiger partial charge is 0.262 e. The molecule has 1 aromatic heterocycles. The minimum atomic E-state index is 1.06. The van der Waals surface area contributed by atoms with Gasteiger partial charge in [-0.05, 0) is 54.2 Å². The summed E-state index contributed by atoms with van der Waals surface area (Å²) in [7, 11) is 0. The summed E-state index contributed by atoms with van der Waals surface area (Å²) in [6, 6.07) is 12.8. The Bertz CT molecular complexity index is 650. The van der Waals surface area contributed by atoms with Crippen LogP contribution < -0.4 is 0 Å². The van der Waals surface area contributed by atoms with E-state index in [-0.39, 0.29) is 0 Å². The number of benzene rings is 1. The molecule has 1 nitrogen and oxygen atoms in total. The first-order chi connectivity index (χ1) is 9.33. The highest BCUT2D eigenvalue weighted by Gasteiger charge is 2.08. The first-order valence-electron chi connectivity index (χ1n) is 6.72. The third-order valence-corrected chi connectivity index (χ3v) is 3.48. The molecule has 0 saturated carbocycles. The molecule has 3 rings (SSSR count). The summed E-state index contributed by atoms with van der Waals surface area (Å²) in [5.41, 5.74) is 6.42. The van der Waals surface area contributed by atoms with Crippen molar-refractivity contribution in [2.75, 3.05) is 0 Å². The number of nitrogens with zero attached hydrogens (tertiary/aromatic N) is 1. The number of aromatic nitrogens is 1. The van der Waals surface area contributed by atoms with E-state index in [1.165, 1.54) is 22.3 Å². The zero-order valence-corrected chi connectivity index (χ0v) is 11.1. The lowest BCUT2D eigenvalue weighted by atomic mass is 9.90. The summed E-state index contributed by atoms with van der Waals surface area (Å²) >= 11 is 0. The molecule has 1 heteroatoms. The van der Waals surface area contributed by atoms with Crippen LogP contribution in [0.15, 0.2) is 54.7 Å². The van der Waals surface area contributed by atoms with Crippen LogP contribution >= 0.6 is 0 Å². The van der Waals surface area contributed by atoms with Gasteiger partial charge in [0, 0.05) is 11.9 Å². The standard InChI is InChI=1S/C18H17N/c1-14-13-15(11-12-19-14)9-10-17-7-4-6-16-5-2-3-8-18(16)17/h2-3,5,7-13H,4,6H2,1H3/b10-9+. The van der Waals surface area contributed by atoms with Gasteiger partial charge in [-0.15, -0.1) is 0 Å². The monoisotopic (exact) mass is 247 g/mol. The SMILES string of the molecule is Cc1cc(/C=C/C2=CCCc3ccccc32)ccn1. The Morgan fingerprint density at radius 2 is 2.00 bits per heavy atom. The quantitative estimate of drug-likeness (QED) is 0.765. The summed E-state index contributed by atoms with van der Waals surface area (Å²) in [5.74, 6) is 0. The zero-order valence-electron chi connectivity index (χ0n) is 11.1. The molecule has 0 saturated heterocycles. The Hall–Kier alpha value is -2.15. The van der Waals surface area contributed by atoms with Crippen molar-refractivity contribution < 1.29 is 0 Å². The summed E-state index contributed by atoms with van der Waals surface area (Å²) in [5, 5.41) is 0. The van der Waals surface area contributed by atoms with Crippen molar-refractivity contribution in [2.24, 2.45) is 0 Å². The maximum absolute atomic E-state index is 4.22. The summed E-state index contributed by atoms with van der Waals surface area (Å²) in [6.45, 7) is 2.02. The predicted octanol–water partition coefficient (Wildman–Crippen LogP) is 4.43. The van der Waals surface area contributed by atoms with Crippen molar-refractivity contribution in [1.29, 1.82) is 0 Å². The van der Waals surface area contributed by atoms with Gasteiger partial charge in [0.2, 0.25) is 0 Å². The van der Waals surface area contributed by atoms with Gasteiger partial charge in [-0.1, -0.05) is 42.5 Å². The van der Waals surface area contributed by atoms with Gasteiger partial charge in [-0.3, -0.25) is 4.98 Å². The van der Waals surface area contributed by atoms with E-state index in [1.807, 2.05) is 19.2 Å². The Balaban J connectivity index is 1.90. The second-order valence-corrected chi connectivity index (χ2v) is 4.92. The highest BCUT2D eigenvalue weighted by Crippen LogP contribution is 2.27. The van der Waals surface area contributed by atoms with Crippen LogP contribution in [0.2, 0.25) is 0 Å². The van der Waals surface area contributed by atoms with Crippen molar-refractivity contribution in [1.82, 2.24) is 4.98 Å². The molecular formula is C18H17N. The van der Waals surface area contributed by atoms with Crippen LogP contribution in [0, 0.1) is 6.92 Å². The van der Waals surface area contributed by atoms with E-state index < -0.39 is 0 Å². The van der Waals surface area contributed by atoms with Gasteiger partial charge in [-0.25, -0.2) is 0 Å². The van der Waals surface area contributed by atoms with E-state index in [4.69, 9.17) is 0 Å². The number of aryl methyl sites for hydroxylation is 2. The molecule has 0 atom stereocenters. The number of allylic oxidation sites excluding steroid dienone is 3. The lowest BCUT2D eigenvalue weighted by molar-refractivity contribution is 0.980. The Labute approximate surface area is 114 Å². The minimum absolute atomic E-state index is 1.06. The van der Waals surface area contributed by atoms with E-state index in [9.17, 15) is 0 Å². The number of rotatable bonds is 2. The summed E-state index contributed by atoms with van der Waals surface area (Å²) < 4.78 is 0.